The molecule has 0 bridgehead atoms. The first-order chi connectivity index (χ1) is 13.6. The molecule has 1 aromatic heterocycles. The largest absolute Gasteiger partial charge is 0.493 e. The second-order valence-electron chi connectivity index (χ2n) is 7.30. The molecule has 0 radical (unpaired) electrons. The number of aromatic nitrogens is 2. The maximum absolute atomic E-state index is 5.70. The average Bonchev–Trinajstić information content (AvgIpc) is 2.88. The Kier molecular flexibility index (Phi) is 4.99. The van der Waals surface area contributed by atoms with E-state index in [1.807, 2.05) is 12.1 Å². The molecule has 2 heterocycles. The van der Waals surface area contributed by atoms with Crippen molar-refractivity contribution in [2.75, 3.05) is 26.1 Å². The summed E-state index contributed by atoms with van der Waals surface area (Å²) in [6, 6.07) is 12.5. The van der Waals surface area contributed by atoms with Crippen LogP contribution in [0.3, 0.4) is 0 Å². The highest BCUT2D eigenvalue weighted by Gasteiger charge is 2.25. The summed E-state index contributed by atoms with van der Waals surface area (Å²) in [5, 5.41) is 8.69. The van der Waals surface area contributed by atoms with Crippen molar-refractivity contribution < 1.29 is 9.47 Å². The van der Waals surface area contributed by atoms with Gasteiger partial charge in [0.05, 0.1) is 19.9 Å². The predicted molar refractivity (Wildman–Crippen MR) is 113 cm³/mol. The molecule has 1 aliphatic rings. The van der Waals surface area contributed by atoms with Crippen LogP contribution in [0.25, 0.3) is 16.9 Å². The van der Waals surface area contributed by atoms with Crippen LogP contribution in [-0.4, -0.2) is 30.5 Å². The second-order valence-corrected chi connectivity index (χ2v) is 7.30. The van der Waals surface area contributed by atoms with Crippen molar-refractivity contribution in [3.8, 4) is 28.4 Å². The normalized spacial score (nSPS) is 13.4. The van der Waals surface area contributed by atoms with E-state index in [1.165, 1.54) is 16.7 Å². The highest BCUT2D eigenvalue weighted by Crippen LogP contribution is 2.42. The van der Waals surface area contributed by atoms with E-state index < -0.39 is 0 Å². The zero-order chi connectivity index (χ0) is 19.7. The van der Waals surface area contributed by atoms with Gasteiger partial charge in [0.25, 0.3) is 0 Å². The van der Waals surface area contributed by atoms with Crippen LogP contribution in [0.1, 0.15) is 29.5 Å². The Balaban J connectivity index is 1.96. The Morgan fingerprint density at radius 1 is 1.04 bits per heavy atom. The molecule has 0 unspecified atom stereocenters. The number of methoxy groups -OCH3 is 2. The Labute approximate surface area is 166 Å². The molecular weight excluding hydrogens is 350 g/mol. The van der Waals surface area contributed by atoms with Gasteiger partial charge in [-0.3, -0.25) is 0 Å². The predicted octanol–water partition coefficient (Wildman–Crippen LogP) is 4.92. The lowest BCUT2D eigenvalue weighted by atomic mass is 10.0. The van der Waals surface area contributed by atoms with E-state index in [4.69, 9.17) is 14.6 Å². The van der Waals surface area contributed by atoms with Gasteiger partial charge in [-0.15, -0.1) is 0 Å². The third-order valence-electron chi connectivity index (χ3n) is 5.37. The Hall–Kier alpha value is -2.95. The molecule has 4 rings (SSSR count). The Morgan fingerprint density at radius 2 is 1.89 bits per heavy atom. The maximum atomic E-state index is 5.70. The lowest BCUT2D eigenvalue weighted by molar-refractivity contribution is 0.356. The molecule has 3 aromatic rings. The molecule has 0 saturated heterocycles. The number of aryl methyl sites for hydroxylation is 2. The minimum absolute atomic E-state index is 0.719. The van der Waals surface area contributed by atoms with Gasteiger partial charge >= 0.3 is 0 Å². The van der Waals surface area contributed by atoms with E-state index in [0.717, 1.165) is 60.1 Å². The minimum atomic E-state index is 0.719. The molecule has 0 saturated carbocycles. The topological polar surface area (TPSA) is 48.3 Å². The summed E-state index contributed by atoms with van der Waals surface area (Å²) in [6.45, 7) is 5.21. The Morgan fingerprint density at radius 3 is 2.64 bits per heavy atom. The van der Waals surface area contributed by atoms with Crippen molar-refractivity contribution >= 4 is 5.82 Å². The molecule has 2 aromatic carbocycles. The third kappa shape index (κ3) is 3.11. The third-order valence-corrected chi connectivity index (χ3v) is 5.37. The molecule has 1 N–H and O–H groups in total. The summed E-state index contributed by atoms with van der Waals surface area (Å²) in [5.74, 6) is 2.53. The first-order valence-corrected chi connectivity index (χ1v) is 9.78. The number of hydrogen-bond donors (Lipinski definition) is 1. The van der Waals surface area contributed by atoms with Crippen LogP contribution in [-0.2, 0) is 6.42 Å². The Bertz CT molecular complexity index is 1010. The van der Waals surface area contributed by atoms with Crippen molar-refractivity contribution in [1.29, 1.82) is 0 Å². The van der Waals surface area contributed by atoms with Crippen LogP contribution in [0.5, 0.6) is 11.5 Å². The van der Waals surface area contributed by atoms with Crippen LogP contribution < -0.4 is 14.8 Å². The van der Waals surface area contributed by atoms with Crippen LogP contribution in [0, 0.1) is 13.8 Å². The molecule has 5 heteroatoms. The van der Waals surface area contributed by atoms with E-state index in [2.05, 4.69) is 48.1 Å². The molecule has 0 aliphatic carbocycles. The number of nitrogens with zero attached hydrogens (tertiary/aromatic N) is 2. The maximum Gasteiger partial charge on any atom is 0.170 e. The second kappa shape index (κ2) is 7.58. The monoisotopic (exact) mass is 377 g/mol. The zero-order valence-corrected chi connectivity index (χ0v) is 17.0. The van der Waals surface area contributed by atoms with Crippen molar-refractivity contribution in [3.05, 3.63) is 53.1 Å². The number of fused-ring (bicyclic) bond motifs is 1. The van der Waals surface area contributed by atoms with E-state index >= 15 is 0 Å². The summed E-state index contributed by atoms with van der Waals surface area (Å²) in [4.78, 5) is 0. The van der Waals surface area contributed by atoms with Crippen LogP contribution in [0.15, 0.2) is 36.4 Å². The summed E-state index contributed by atoms with van der Waals surface area (Å²) in [6.07, 6.45) is 3.27. The van der Waals surface area contributed by atoms with E-state index in [-0.39, 0.29) is 0 Å². The lowest BCUT2D eigenvalue weighted by Gasteiger charge is -2.12. The number of nitrogens with one attached hydrogen (secondary N) is 1. The van der Waals surface area contributed by atoms with Gasteiger partial charge in [0.2, 0.25) is 0 Å². The molecular formula is C23H27N3O2. The fourth-order valence-electron chi connectivity index (χ4n) is 4.01. The highest BCUT2D eigenvalue weighted by molar-refractivity contribution is 5.78. The van der Waals surface area contributed by atoms with Gasteiger partial charge in [-0.25, -0.2) is 4.68 Å². The molecule has 0 fully saturated rings. The molecule has 1 aliphatic heterocycles. The highest BCUT2D eigenvalue weighted by atomic mass is 16.5. The van der Waals surface area contributed by atoms with Gasteiger partial charge in [0.15, 0.2) is 11.5 Å². The fourth-order valence-corrected chi connectivity index (χ4v) is 4.01. The number of benzene rings is 2. The van der Waals surface area contributed by atoms with E-state index in [1.54, 1.807) is 14.2 Å². The molecule has 146 valence electrons. The number of anilines is 1. The van der Waals surface area contributed by atoms with Crippen molar-refractivity contribution in [1.82, 2.24) is 9.78 Å². The van der Waals surface area contributed by atoms with Crippen molar-refractivity contribution in [2.24, 2.45) is 0 Å². The smallest absolute Gasteiger partial charge is 0.170 e. The van der Waals surface area contributed by atoms with E-state index in [9.17, 15) is 0 Å². The van der Waals surface area contributed by atoms with Crippen LogP contribution >= 0.6 is 0 Å². The lowest BCUT2D eigenvalue weighted by Crippen LogP contribution is -2.08. The molecule has 0 amide bonds. The quantitative estimate of drug-likeness (QED) is 0.701. The summed E-state index contributed by atoms with van der Waals surface area (Å²) in [7, 11) is 3.34. The van der Waals surface area contributed by atoms with E-state index in [0.29, 0.717) is 0 Å². The molecule has 28 heavy (non-hydrogen) atoms. The molecule has 0 spiro atoms. The molecule has 0 atom stereocenters. The minimum Gasteiger partial charge on any atom is -0.493 e. The van der Waals surface area contributed by atoms with Gasteiger partial charge in [-0.2, -0.15) is 5.10 Å². The number of hydrogen-bond acceptors (Lipinski definition) is 4. The fraction of sp³-hybridized carbons (Fsp3) is 0.348. The zero-order valence-electron chi connectivity index (χ0n) is 17.0. The van der Waals surface area contributed by atoms with Gasteiger partial charge in [-0.05, 0) is 56.9 Å². The number of rotatable bonds is 4. The summed E-state index contributed by atoms with van der Waals surface area (Å²) in [5.41, 5.74) is 6.72. The van der Waals surface area contributed by atoms with Gasteiger partial charge < -0.3 is 14.8 Å². The summed E-state index contributed by atoms with van der Waals surface area (Å²) >= 11 is 0. The van der Waals surface area contributed by atoms with Gasteiger partial charge in [-0.1, -0.05) is 23.8 Å². The van der Waals surface area contributed by atoms with Gasteiger partial charge in [0, 0.05) is 17.7 Å². The first kappa shape index (κ1) is 18.4. The SMILES string of the molecule is COc1cccc(-c2nn(-c3ccc(C)cc3C)c3c2CCCCN3)c1OC. The van der Waals surface area contributed by atoms with Crippen molar-refractivity contribution in [3.63, 3.8) is 0 Å². The number of ether oxygens (including phenoxy) is 2. The van der Waals surface area contributed by atoms with Crippen LogP contribution in [0.4, 0.5) is 5.82 Å². The molecule has 5 nitrogen and oxygen atoms in total. The first-order valence-electron chi connectivity index (χ1n) is 9.78. The van der Waals surface area contributed by atoms with Gasteiger partial charge in [0.1, 0.15) is 11.5 Å². The van der Waals surface area contributed by atoms with Crippen LogP contribution in [0.2, 0.25) is 0 Å². The number of para-hydroxylation sites is 1. The van der Waals surface area contributed by atoms with Crippen molar-refractivity contribution in [2.45, 2.75) is 33.1 Å². The average molecular weight is 377 g/mol. The standard InChI is InChI=1S/C23H27N3O2/c1-15-11-12-19(16(2)14-15)26-23-18(8-5-6-13-24-23)21(25-26)17-9-7-10-20(27-3)22(17)28-4/h7,9-12,14,24H,5-6,8,13H2,1-4H3. The summed E-state index contributed by atoms with van der Waals surface area (Å²) < 4.78 is 13.3.